The van der Waals surface area contributed by atoms with Crippen LogP contribution in [0.4, 0.5) is 0 Å². The van der Waals surface area contributed by atoms with Crippen LogP contribution < -0.4 is 0 Å². The van der Waals surface area contributed by atoms with E-state index in [2.05, 4.69) is 13.5 Å². The molecule has 4 aliphatic carbocycles. The number of carbonyl (C=O) groups excluding carboxylic acids is 1. The summed E-state index contributed by atoms with van der Waals surface area (Å²) >= 11 is 0. The maximum atomic E-state index is 12.7. The van der Waals surface area contributed by atoms with Gasteiger partial charge < -0.3 is 9.84 Å². The summed E-state index contributed by atoms with van der Waals surface area (Å²) < 4.78 is 5.24. The number of carbonyl (C=O) groups is 1. The normalized spacial score (nSPS) is 53.0. The van der Waals surface area contributed by atoms with Gasteiger partial charge in [0.1, 0.15) is 0 Å². The van der Waals surface area contributed by atoms with Gasteiger partial charge in [0.25, 0.3) is 0 Å². The van der Waals surface area contributed by atoms with Crippen molar-refractivity contribution in [2.45, 2.75) is 57.5 Å². The number of esters is 1. The standard InChI is InChI=1S/C19H28O3/c1-11-5-4-6-13-14-7-8-19(21)10-18(14,9-12(19)2)16(15(11)13)17(20)22-3/h11,13-16,21H,2,4-10H2,1,3H3/t11-,13?,14-,15+,16+,18-,19-/m0/s1. The molecule has 0 aromatic carbocycles. The number of ether oxygens (including phenoxy) is 1. The van der Waals surface area contributed by atoms with Gasteiger partial charge in [0.05, 0.1) is 18.6 Å². The van der Waals surface area contributed by atoms with E-state index in [9.17, 15) is 9.90 Å². The van der Waals surface area contributed by atoms with Crippen molar-refractivity contribution in [3.8, 4) is 0 Å². The van der Waals surface area contributed by atoms with Gasteiger partial charge in [0.2, 0.25) is 0 Å². The van der Waals surface area contributed by atoms with Crippen LogP contribution in [0.5, 0.6) is 0 Å². The minimum absolute atomic E-state index is 0.0334. The molecular weight excluding hydrogens is 276 g/mol. The van der Waals surface area contributed by atoms with Crippen LogP contribution >= 0.6 is 0 Å². The fraction of sp³-hybridized carbons (Fsp3) is 0.842. The second kappa shape index (κ2) is 4.59. The summed E-state index contributed by atoms with van der Waals surface area (Å²) in [4.78, 5) is 12.7. The lowest BCUT2D eigenvalue weighted by Crippen LogP contribution is -2.43. The van der Waals surface area contributed by atoms with Crippen LogP contribution in [0.1, 0.15) is 51.9 Å². The second-order valence-corrected chi connectivity index (χ2v) is 8.52. The molecule has 4 rings (SSSR count). The molecule has 0 heterocycles. The largest absolute Gasteiger partial charge is 0.469 e. The zero-order valence-electron chi connectivity index (χ0n) is 13.8. The van der Waals surface area contributed by atoms with Crippen LogP contribution in [0.25, 0.3) is 0 Å². The van der Waals surface area contributed by atoms with E-state index in [-0.39, 0.29) is 17.3 Å². The summed E-state index contributed by atoms with van der Waals surface area (Å²) in [6.07, 6.45) is 7.22. The topological polar surface area (TPSA) is 46.5 Å². The molecule has 1 unspecified atom stereocenters. The highest BCUT2D eigenvalue weighted by Gasteiger charge is 2.70. The maximum absolute atomic E-state index is 12.7. The van der Waals surface area contributed by atoms with Gasteiger partial charge in [0, 0.05) is 0 Å². The molecular formula is C19H28O3. The third-order valence-electron chi connectivity index (χ3n) is 7.75. The van der Waals surface area contributed by atoms with Crippen molar-refractivity contribution in [1.82, 2.24) is 0 Å². The monoisotopic (exact) mass is 304 g/mol. The van der Waals surface area contributed by atoms with Gasteiger partial charge in [-0.15, -0.1) is 0 Å². The van der Waals surface area contributed by atoms with Crippen LogP contribution in [0, 0.1) is 35.0 Å². The Morgan fingerprint density at radius 1 is 1.36 bits per heavy atom. The Morgan fingerprint density at radius 2 is 2.14 bits per heavy atom. The van der Waals surface area contributed by atoms with Gasteiger partial charge in [-0.3, -0.25) is 4.79 Å². The predicted octanol–water partition coefficient (Wildman–Crippen LogP) is 3.32. The van der Waals surface area contributed by atoms with E-state index in [0.717, 1.165) is 31.3 Å². The van der Waals surface area contributed by atoms with Gasteiger partial charge >= 0.3 is 5.97 Å². The summed E-state index contributed by atoms with van der Waals surface area (Å²) in [5.74, 6) is 2.18. The molecule has 1 N–H and O–H groups in total. The summed E-state index contributed by atoms with van der Waals surface area (Å²) in [7, 11) is 1.52. The highest BCUT2D eigenvalue weighted by atomic mass is 16.5. The van der Waals surface area contributed by atoms with Crippen molar-refractivity contribution in [2.24, 2.45) is 35.0 Å². The summed E-state index contributed by atoms with van der Waals surface area (Å²) in [6.45, 7) is 6.49. The van der Waals surface area contributed by atoms with Gasteiger partial charge in [-0.1, -0.05) is 26.3 Å². The van der Waals surface area contributed by atoms with Gasteiger partial charge in [-0.2, -0.15) is 0 Å². The molecule has 0 saturated heterocycles. The van der Waals surface area contributed by atoms with E-state index in [0.29, 0.717) is 23.7 Å². The Hall–Kier alpha value is -0.830. The molecule has 3 nitrogen and oxygen atoms in total. The Bertz CT molecular complexity index is 527. The minimum Gasteiger partial charge on any atom is -0.469 e. The Morgan fingerprint density at radius 3 is 2.86 bits per heavy atom. The average molecular weight is 304 g/mol. The first-order valence-electron chi connectivity index (χ1n) is 8.91. The third kappa shape index (κ3) is 1.64. The second-order valence-electron chi connectivity index (χ2n) is 8.52. The molecule has 7 atom stereocenters. The third-order valence-corrected chi connectivity index (χ3v) is 7.75. The number of hydrogen-bond donors (Lipinski definition) is 1. The molecule has 22 heavy (non-hydrogen) atoms. The molecule has 0 aromatic rings. The lowest BCUT2D eigenvalue weighted by Gasteiger charge is -2.42. The first-order valence-corrected chi connectivity index (χ1v) is 8.91. The zero-order chi connectivity index (χ0) is 15.7. The van der Waals surface area contributed by atoms with Gasteiger partial charge in [-0.05, 0) is 66.8 Å². The van der Waals surface area contributed by atoms with Crippen molar-refractivity contribution in [1.29, 1.82) is 0 Å². The van der Waals surface area contributed by atoms with Gasteiger partial charge in [-0.25, -0.2) is 0 Å². The number of hydrogen-bond acceptors (Lipinski definition) is 3. The predicted molar refractivity (Wildman–Crippen MR) is 84.0 cm³/mol. The smallest absolute Gasteiger partial charge is 0.309 e. The Kier molecular flexibility index (Phi) is 3.08. The van der Waals surface area contributed by atoms with Crippen molar-refractivity contribution in [3.63, 3.8) is 0 Å². The van der Waals surface area contributed by atoms with Crippen molar-refractivity contribution < 1.29 is 14.6 Å². The van der Waals surface area contributed by atoms with E-state index < -0.39 is 5.60 Å². The van der Waals surface area contributed by atoms with E-state index in [1.165, 1.54) is 26.4 Å². The maximum Gasteiger partial charge on any atom is 0.309 e. The molecule has 4 fully saturated rings. The van der Waals surface area contributed by atoms with Crippen LogP contribution in [0.15, 0.2) is 12.2 Å². The molecule has 0 aromatic heterocycles. The molecule has 3 heteroatoms. The fourth-order valence-electron chi connectivity index (χ4n) is 7.02. The molecule has 0 aliphatic heterocycles. The van der Waals surface area contributed by atoms with E-state index in [1.807, 2.05) is 0 Å². The molecule has 4 saturated carbocycles. The highest BCUT2D eigenvalue weighted by molar-refractivity contribution is 5.75. The summed E-state index contributed by atoms with van der Waals surface area (Å²) in [6, 6.07) is 0. The average Bonchev–Trinajstić information content (AvgIpc) is 2.87. The molecule has 122 valence electrons. The minimum atomic E-state index is -0.723. The van der Waals surface area contributed by atoms with Crippen LogP contribution in [-0.4, -0.2) is 23.8 Å². The van der Waals surface area contributed by atoms with E-state index >= 15 is 0 Å². The van der Waals surface area contributed by atoms with Crippen LogP contribution in [0.2, 0.25) is 0 Å². The Balaban J connectivity index is 1.83. The van der Waals surface area contributed by atoms with E-state index in [4.69, 9.17) is 4.74 Å². The highest BCUT2D eigenvalue weighted by Crippen LogP contribution is 2.72. The number of methoxy groups -OCH3 is 1. The lowest BCUT2D eigenvalue weighted by molar-refractivity contribution is -0.154. The molecule has 4 aliphatic rings. The molecule has 0 amide bonds. The van der Waals surface area contributed by atoms with Crippen LogP contribution in [-0.2, 0) is 9.53 Å². The van der Waals surface area contributed by atoms with Crippen molar-refractivity contribution >= 4 is 5.97 Å². The van der Waals surface area contributed by atoms with Crippen molar-refractivity contribution in [2.75, 3.05) is 7.11 Å². The number of fused-ring (bicyclic) bond motifs is 3. The summed E-state index contributed by atoms with van der Waals surface area (Å²) in [5.41, 5.74) is 0.167. The first kappa shape index (κ1) is 14.7. The van der Waals surface area contributed by atoms with E-state index in [1.54, 1.807) is 0 Å². The lowest BCUT2D eigenvalue weighted by atomic mass is 9.63. The van der Waals surface area contributed by atoms with Crippen molar-refractivity contribution in [3.05, 3.63) is 12.2 Å². The first-order chi connectivity index (χ1) is 10.4. The van der Waals surface area contributed by atoms with Gasteiger partial charge in [0.15, 0.2) is 0 Å². The molecule has 2 bridgehead atoms. The summed E-state index contributed by atoms with van der Waals surface area (Å²) in [5, 5.41) is 11.0. The Labute approximate surface area is 133 Å². The van der Waals surface area contributed by atoms with Crippen LogP contribution in [0.3, 0.4) is 0 Å². The zero-order valence-corrected chi connectivity index (χ0v) is 13.8. The molecule has 1 spiro atoms. The quantitative estimate of drug-likeness (QED) is 0.597. The fourth-order valence-corrected chi connectivity index (χ4v) is 7.02. The molecule has 0 radical (unpaired) electrons. The number of rotatable bonds is 1. The SMILES string of the molecule is C=C1C[C@]23C[C@@]1(O)CC[C@H]2C1CCC[C@H](C)[C@H]1[C@@H]3C(=O)OC. The number of aliphatic hydroxyl groups is 1.